The second-order valence-corrected chi connectivity index (χ2v) is 4.17. The number of aliphatic carboxylic acids is 1. The molecule has 1 aromatic carbocycles. The van der Waals surface area contributed by atoms with E-state index >= 15 is 0 Å². The highest BCUT2D eigenvalue weighted by atomic mass is 35.5. The number of hydrogen-bond acceptors (Lipinski definition) is 2. The van der Waals surface area contributed by atoms with Crippen LogP contribution >= 0.6 is 11.6 Å². The third kappa shape index (κ3) is 3.46. The molecule has 0 aliphatic heterocycles. The average molecular weight is 256 g/mol. The monoisotopic (exact) mass is 255 g/mol. The Morgan fingerprint density at radius 1 is 1.47 bits per heavy atom. The van der Waals surface area contributed by atoms with Gasteiger partial charge in [-0.15, -0.1) is 0 Å². The molecule has 4 nitrogen and oxygen atoms in total. The number of aryl methyl sites for hydroxylation is 1. The highest BCUT2D eigenvalue weighted by molar-refractivity contribution is 6.30. The van der Waals surface area contributed by atoms with Crippen LogP contribution < -0.4 is 5.32 Å². The number of rotatable bonds is 4. The molecule has 0 fully saturated rings. The highest BCUT2D eigenvalue weighted by Crippen LogP contribution is 2.15. The molecule has 5 heteroatoms. The van der Waals surface area contributed by atoms with Gasteiger partial charge in [0.25, 0.3) is 5.91 Å². The minimum Gasteiger partial charge on any atom is -0.480 e. The summed E-state index contributed by atoms with van der Waals surface area (Å²) in [7, 11) is 0. The molecular weight excluding hydrogens is 242 g/mol. The summed E-state index contributed by atoms with van der Waals surface area (Å²) >= 11 is 5.78. The minimum atomic E-state index is -1.03. The van der Waals surface area contributed by atoms with Crippen molar-refractivity contribution in [2.24, 2.45) is 0 Å². The summed E-state index contributed by atoms with van der Waals surface area (Å²) in [5.41, 5.74) is 1.16. The number of carboxylic acid groups (broad SMARTS) is 1. The van der Waals surface area contributed by atoms with Gasteiger partial charge in [0.1, 0.15) is 6.04 Å². The number of benzene rings is 1. The fourth-order valence-corrected chi connectivity index (χ4v) is 1.68. The summed E-state index contributed by atoms with van der Waals surface area (Å²) in [5, 5.41) is 11.9. The molecule has 0 saturated carbocycles. The third-order valence-corrected chi connectivity index (χ3v) is 2.68. The summed E-state index contributed by atoms with van der Waals surface area (Å²) < 4.78 is 0. The van der Waals surface area contributed by atoms with Crippen LogP contribution in [0.3, 0.4) is 0 Å². The Kier molecular flexibility index (Phi) is 4.52. The van der Waals surface area contributed by atoms with E-state index in [1.807, 2.05) is 0 Å². The molecule has 0 spiro atoms. The van der Waals surface area contributed by atoms with Gasteiger partial charge >= 0.3 is 5.97 Å². The Morgan fingerprint density at radius 3 is 2.59 bits per heavy atom. The second-order valence-electron chi connectivity index (χ2n) is 3.73. The van der Waals surface area contributed by atoms with E-state index in [1.165, 1.54) is 0 Å². The molecule has 0 aliphatic rings. The molecule has 0 aromatic heterocycles. The van der Waals surface area contributed by atoms with Gasteiger partial charge in [0.2, 0.25) is 0 Å². The van der Waals surface area contributed by atoms with E-state index in [9.17, 15) is 9.59 Å². The van der Waals surface area contributed by atoms with E-state index in [0.29, 0.717) is 17.0 Å². The average Bonchev–Trinajstić information content (AvgIpc) is 2.24. The SMILES string of the molecule is CCC(NC(=O)c1ccc(Cl)cc1C)C(=O)O. The normalized spacial score (nSPS) is 11.9. The first-order valence-electron chi connectivity index (χ1n) is 5.25. The lowest BCUT2D eigenvalue weighted by atomic mass is 10.1. The third-order valence-electron chi connectivity index (χ3n) is 2.44. The summed E-state index contributed by atoms with van der Waals surface area (Å²) in [6.07, 6.45) is 0.341. The molecule has 1 atom stereocenters. The number of nitrogens with one attached hydrogen (secondary N) is 1. The van der Waals surface area contributed by atoms with Gasteiger partial charge in [-0.05, 0) is 37.1 Å². The zero-order valence-electron chi connectivity index (χ0n) is 9.66. The van der Waals surface area contributed by atoms with E-state index in [-0.39, 0.29) is 0 Å². The standard InChI is InChI=1S/C12H14ClNO3/c1-3-10(12(16)17)14-11(15)9-5-4-8(13)6-7(9)2/h4-6,10H,3H2,1-2H3,(H,14,15)(H,16,17). The Labute approximate surface area is 105 Å². The number of carbonyl (C=O) groups excluding carboxylic acids is 1. The van der Waals surface area contributed by atoms with Crippen LogP contribution in [-0.2, 0) is 4.79 Å². The Hall–Kier alpha value is -1.55. The maximum absolute atomic E-state index is 11.8. The molecule has 0 saturated heterocycles. The van der Waals surface area contributed by atoms with Crippen molar-refractivity contribution in [1.82, 2.24) is 5.32 Å². The van der Waals surface area contributed by atoms with Crippen molar-refractivity contribution >= 4 is 23.5 Å². The lowest BCUT2D eigenvalue weighted by Gasteiger charge is -2.13. The lowest BCUT2D eigenvalue weighted by Crippen LogP contribution is -2.40. The molecular formula is C12H14ClNO3. The van der Waals surface area contributed by atoms with Crippen molar-refractivity contribution < 1.29 is 14.7 Å². The van der Waals surface area contributed by atoms with E-state index in [2.05, 4.69) is 5.32 Å². The predicted molar refractivity (Wildman–Crippen MR) is 65.4 cm³/mol. The molecule has 1 rings (SSSR count). The van der Waals surface area contributed by atoms with Gasteiger partial charge in [0.15, 0.2) is 0 Å². The highest BCUT2D eigenvalue weighted by Gasteiger charge is 2.19. The van der Waals surface area contributed by atoms with Gasteiger partial charge in [0, 0.05) is 10.6 Å². The van der Waals surface area contributed by atoms with Crippen LogP contribution in [-0.4, -0.2) is 23.0 Å². The van der Waals surface area contributed by atoms with E-state index < -0.39 is 17.9 Å². The topological polar surface area (TPSA) is 66.4 Å². The number of halogens is 1. The Morgan fingerprint density at radius 2 is 2.12 bits per heavy atom. The van der Waals surface area contributed by atoms with Crippen LogP contribution in [0, 0.1) is 6.92 Å². The van der Waals surface area contributed by atoms with Gasteiger partial charge in [-0.3, -0.25) is 4.79 Å². The van der Waals surface area contributed by atoms with Crippen molar-refractivity contribution in [2.45, 2.75) is 26.3 Å². The molecule has 1 aromatic rings. The van der Waals surface area contributed by atoms with E-state index in [0.717, 1.165) is 5.56 Å². The van der Waals surface area contributed by atoms with Crippen molar-refractivity contribution in [3.8, 4) is 0 Å². The first-order valence-corrected chi connectivity index (χ1v) is 5.63. The zero-order chi connectivity index (χ0) is 13.0. The Balaban J connectivity index is 2.86. The molecule has 0 heterocycles. The first kappa shape index (κ1) is 13.5. The van der Waals surface area contributed by atoms with Crippen LogP contribution in [0.2, 0.25) is 5.02 Å². The Bertz CT molecular complexity index is 445. The maximum atomic E-state index is 11.8. The van der Waals surface area contributed by atoms with Crippen molar-refractivity contribution in [3.05, 3.63) is 34.3 Å². The molecule has 1 amide bonds. The van der Waals surface area contributed by atoms with Gasteiger partial charge in [-0.25, -0.2) is 4.79 Å². The summed E-state index contributed by atoms with van der Waals surface area (Å²) in [4.78, 5) is 22.6. The second kappa shape index (κ2) is 5.68. The lowest BCUT2D eigenvalue weighted by molar-refractivity contribution is -0.139. The predicted octanol–water partition coefficient (Wildman–Crippen LogP) is 2.24. The van der Waals surface area contributed by atoms with Crippen LogP contribution in [0.5, 0.6) is 0 Å². The smallest absolute Gasteiger partial charge is 0.326 e. The summed E-state index contributed by atoms with van der Waals surface area (Å²) in [6, 6.07) is 3.99. The van der Waals surface area contributed by atoms with E-state index in [4.69, 9.17) is 16.7 Å². The van der Waals surface area contributed by atoms with Crippen LogP contribution in [0.4, 0.5) is 0 Å². The van der Waals surface area contributed by atoms with Crippen molar-refractivity contribution in [1.29, 1.82) is 0 Å². The van der Waals surface area contributed by atoms with Gasteiger partial charge in [-0.2, -0.15) is 0 Å². The van der Waals surface area contributed by atoms with Gasteiger partial charge in [0.05, 0.1) is 0 Å². The molecule has 0 aliphatic carbocycles. The minimum absolute atomic E-state index is 0.341. The van der Waals surface area contributed by atoms with Crippen LogP contribution in [0.15, 0.2) is 18.2 Å². The molecule has 1 unspecified atom stereocenters. The zero-order valence-corrected chi connectivity index (χ0v) is 10.4. The molecule has 2 N–H and O–H groups in total. The largest absolute Gasteiger partial charge is 0.480 e. The number of amides is 1. The fraction of sp³-hybridized carbons (Fsp3) is 0.333. The van der Waals surface area contributed by atoms with Crippen molar-refractivity contribution in [3.63, 3.8) is 0 Å². The quantitative estimate of drug-likeness (QED) is 0.867. The van der Waals surface area contributed by atoms with Crippen LogP contribution in [0.25, 0.3) is 0 Å². The molecule has 0 bridgehead atoms. The van der Waals surface area contributed by atoms with E-state index in [1.54, 1.807) is 32.0 Å². The molecule has 17 heavy (non-hydrogen) atoms. The number of hydrogen-bond donors (Lipinski definition) is 2. The summed E-state index contributed by atoms with van der Waals surface area (Å²) in [5.74, 6) is -1.43. The van der Waals surface area contributed by atoms with Crippen LogP contribution in [0.1, 0.15) is 29.3 Å². The number of carboxylic acids is 1. The maximum Gasteiger partial charge on any atom is 0.326 e. The first-order chi connectivity index (χ1) is 7.95. The molecule has 0 radical (unpaired) electrons. The summed E-state index contributed by atoms with van der Waals surface area (Å²) in [6.45, 7) is 3.45. The van der Waals surface area contributed by atoms with Crippen molar-refractivity contribution in [2.75, 3.05) is 0 Å². The van der Waals surface area contributed by atoms with Gasteiger partial charge < -0.3 is 10.4 Å². The fourth-order valence-electron chi connectivity index (χ4n) is 1.46. The van der Waals surface area contributed by atoms with Gasteiger partial charge in [-0.1, -0.05) is 18.5 Å². The molecule has 92 valence electrons. The number of carbonyl (C=O) groups is 2.